The Balaban J connectivity index is 0.916. The van der Waals surface area contributed by atoms with Crippen LogP contribution in [0.4, 0.5) is 51.2 Å². The second kappa shape index (κ2) is 26.5. The second-order valence-electron chi connectivity index (χ2n) is 30.6. The predicted molar refractivity (Wildman–Crippen MR) is 457 cm³/mol. The summed E-state index contributed by atoms with van der Waals surface area (Å²) in [5.74, 6) is 1.04. The van der Waals surface area contributed by atoms with Crippen LogP contribution in [0.2, 0.25) is 0 Å². The summed E-state index contributed by atoms with van der Waals surface area (Å²) < 4.78 is 0. The third kappa shape index (κ3) is 11.2. The van der Waals surface area contributed by atoms with Gasteiger partial charge in [-0.25, -0.2) is 0 Å². The summed E-state index contributed by atoms with van der Waals surface area (Å²) in [5.41, 5.74) is 37.8. The number of anilines is 9. The van der Waals surface area contributed by atoms with Gasteiger partial charge >= 0.3 is 0 Å². The van der Waals surface area contributed by atoms with Gasteiger partial charge in [0.1, 0.15) is 0 Å². The molecule has 6 aliphatic rings. The van der Waals surface area contributed by atoms with Crippen LogP contribution in [0.5, 0.6) is 0 Å². The van der Waals surface area contributed by atoms with Gasteiger partial charge < -0.3 is 14.7 Å². The lowest BCUT2D eigenvalue weighted by atomic mass is 9.33. The maximum absolute atomic E-state index is 2.72. The number of benzene rings is 14. The first kappa shape index (κ1) is 64.6. The van der Waals surface area contributed by atoms with Crippen LogP contribution in [-0.4, -0.2) is 6.71 Å². The van der Waals surface area contributed by atoms with Gasteiger partial charge in [0.2, 0.25) is 0 Å². The van der Waals surface area contributed by atoms with Crippen LogP contribution in [0.15, 0.2) is 411 Å². The van der Waals surface area contributed by atoms with Crippen molar-refractivity contribution in [1.82, 2.24) is 0 Å². The van der Waals surface area contributed by atoms with Crippen LogP contribution in [0.25, 0.3) is 83.5 Å². The molecule has 0 N–H and O–H groups in total. The highest BCUT2D eigenvalue weighted by atomic mass is 15.2. The molecule has 20 rings (SSSR count). The van der Waals surface area contributed by atoms with Gasteiger partial charge in [-0.05, 0) is 172 Å². The first-order valence-corrected chi connectivity index (χ1v) is 38.2. The molecule has 0 radical (unpaired) electrons. The first-order chi connectivity index (χ1) is 53.2. The predicted octanol–water partition coefficient (Wildman–Crippen LogP) is 25.9. The Bertz CT molecular complexity index is 5830. The minimum atomic E-state index is -0.259. The molecule has 0 saturated carbocycles. The second-order valence-corrected chi connectivity index (χ2v) is 30.6. The molecule has 512 valence electrons. The Kier molecular flexibility index (Phi) is 15.9. The highest BCUT2D eigenvalue weighted by molar-refractivity contribution is 7.00. The largest absolute Gasteiger partial charge is 0.310 e. The van der Waals surface area contributed by atoms with Crippen LogP contribution >= 0.6 is 0 Å². The van der Waals surface area contributed by atoms with E-state index < -0.39 is 0 Å². The molecule has 2 heterocycles. The Morgan fingerprint density at radius 3 is 1.21 bits per heavy atom. The molecule has 14 aromatic carbocycles. The van der Waals surface area contributed by atoms with Crippen LogP contribution < -0.4 is 31.1 Å². The van der Waals surface area contributed by atoms with Gasteiger partial charge in [0.15, 0.2) is 0 Å². The number of nitrogens with zero attached hydrogens (tertiary/aromatic N) is 3. The topological polar surface area (TPSA) is 9.72 Å². The molecule has 0 aromatic heterocycles. The summed E-state index contributed by atoms with van der Waals surface area (Å²) in [7, 11) is 0. The molecular weight excluding hydrogens is 1300 g/mol. The third-order valence-corrected chi connectivity index (χ3v) is 23.3. The van der Waals surface area contributed by atoms with Gasteiger partial charge in [0.05, 0.1) is 17.1 Å². The van der Waals surface area contributed by atoms with Gasteiger partial charge in [-0.2, -0.15) is 0 Å². The molecule has 0 bridgehead atoms. The zero-order valence-electron chi connectivity index (χ0n) is 60.8. The van der Waals surface area contributed by atoms with Crippen molar-refractivity contribution >= 4 is 79.9 Å². The fourth-order valence-electron chi connectivity index (χ4n) is 18.2. The highest BCUT2D eigenvalue weighted by Gasteiger charge is 2.47. The number of rotatable bonds is 13. The Morgan fingerprint density at radius 1 is 0.324 bits per heavy atom. The standard InChI is InChI=1S/C104H78BN3/c1-104(2,3)85-63-82-47-45-80-61-84(62-81-46-48-83(64-85)100(82)99(80)81)79-53-59-93-96(66-79)108(103-91(76-37-21-9-22-38-76)43-26-44-92(103)77-39-23-10-24-40-77)98-68-88(106(86-55-49-72(50-56-86)69-27-11-4-12-28-69)87-57-51-73(52-58-87)70-29-13-5-14-30-70)67-97-101(98)105(93)94-65-78(71-31-15-6-16-32-71)54-60-95(94)107(97)102-89(74-33-17-7-18-34-74)41-25-42-90(102)75-35-19-8-20-36-75/h4-45,47-68,81,99-100H,46H2,1-3H3. The molecule has 0 saturated heterocycles. The molecule has 4 heteroatoms. The Labute approximate surface area is 634 Å². The van der Waals surface area contributed by atoms with Gasteiger partial charge in [0.25, 0.3) is 6.71 Å². The summed E-state index contributed by atoms with van der Waals surface area (Å²) in [4.78, 5) is 7.90. The number of allylic oxidation sites excluding steroid dienone is 12. The first-order valence-electron chi connectivity index (χ1n) is 38.2. The molecule has 3 nitrogen and oxygen atoms in total. The molecule has 3 unspecified atom stereocenters. The van der Waals surface area contributed by atoms with Crippen molar-refractivity contribution in [2.75, 3.05) is 14.7 Å². The van der Waals surface area contributed by atoms with Crippen molar-refractivity contribution < 1.29 is 0 Å². The van der Waals surface area contributed by atoms with Crippen molar-refractivity contribution in [2.24, 2.45) is 23.2 Å². The lowest BCUT2D eigenvalue weighted by Gasteiger charge is -2.46. The quantitative estimate of drug-likeness (QED) is 0.107. The van der Waals surface area contributed by atoms with E-state index in [1.165, 1.54) is 72.1 Å². The summed E-state index contributed by atoms with van der Waals surface area (Å²) in [6.45, 7) is 6.78. The van der Waals surface area contributed by atoms with E-state index in [1.54, 1.807) is 0 Å². The third-order valence-electron chi connectivity index (χ3n) is 23.3. The fourth-order valence-corrected chi connectivity index (χ4v) is 18.2. The van der Waals surface area contributed by atoms with Gasteiger partial charge in [0, 0.05) is 68.2 Å². The molecule has 0 spiro atoms. The van der Waals surface area contributed by atoms with Crippen molar-refractivity contribution in [3.63, 3.8) is 0 Å². The zero-order valence-corrected chi connectivity index (χ0v) is 60.8. The molecule has 3 atom stereocenters. The van der Waals surface area contributed by atoms with E-state index in [1.807, 2.05) is 0 Å². The van der Waals surface area contributed by atoms with Crippen molar-refractivity contribution in [1.29, 1.82) is 0 Å². The van der Waals surface area contributed by atoms with Crippen molar-refractivity contribution in [2.45, 2.75) is 27.2 Å². The smallest absolute Gasteiger partial charge is 0.252 e. The van der Waals surface area contributed by atoms with Crippen molar-refractivity contribution in [3.8, 4) is 77.9 Å². The number of hydrogen-bond acceptors (Lipinski definition) is 3. The van der Waals surface area contributed by atoms with Gasteiger partial charge in [-0.1, -0.05) is 361 Å². The van der Waals surface area contributed by atoms with E-state index in [0.29, 0.717) is 17.8 Å². The monoisotopic (exact) mass is 1380 g/mol. The van der Waals surface area contributed by atoms with E-state index in [9.17, 15) is 0 Å². The van der Waals surface area contributed by atoms with Gasteiger partial charge in [-0.3, -0.25) is 0 Å². The van der Waals surface area contributed by atoms with Crippen molar-refractivity contribution in [3.05, 3.63) is 416 Å². The Hall–Kier alpha value is -13.0. The van der Waals surface area contributed by atoms with Crippen LogP contribution in [0.3, 0.4) is 0 Å². The highest BCUT2D eigenvalue weighted by Crippen LogP contribution is 2.58. The molecule has 2 aliphatic heterocycles. The van der Waals surface area contributed by atoms with E-state index in [-0.39, 0.29) is 12.1 Å². The van der Waals surface area contributed by atoms with Crippen LogP contribution in [0.1, 0.15) is 32.8 Å². The van der Waals surface area contributed by atoms with E-state index in [2.05, 4.69) is 424 Å². The normalized spacial score (nSPS) is 16.3. The van der Waals surface area contributed by atoms with E-state index in [0.717, 1.165) is 113 Å². The molecular formula is C104H78BN3. The fraction of sp³-hybridized carbons (Fsp3) is 0.0769. The summed E-state index contributed by atoms with van der Waals surface area (Å²) in [6.07, 6.45) is 18.7. The molecule has 4 aliphatic carbocycles. The summed E-state index contributed by atoms with van der Waals surface area (Å²) in [6, 6.07) is 129. The molecule has 14 aromatic rings. The average molecular weight is 1380 g/mol. The minimum absolute atomic E-state index is 0.0548. The molecule has 0 amide bonds. The van der Waals surface area contributed by atoms with Crippen LogP contribution in [-0.2, 0) is 0 Å². The van der Waals surface area contributed by atoms with E-state index in [4.69, 9.17) is 0 Å². The lowest BCUT2D eigenvalue weighted by Crippen LogP contribution is -2.61. The molecule has 0 fully saturated rings. The maximum Gasteiger partial charge on any atom is 0.252 e. The Morgan fingerprint density at radius 2 is 0.741 bits per heavy atom. The maximum atomic E-state index is 2.72. The van der Waals surface area contributed by atoms with Gasteiger partial charge in [-0.15, -0.1) is 0 Å². The lowest BCUT2D eigenvalue weighted by molar-refractivity contribution is 0.357. The number of para-hydroxylation sites is 2. The SMILES string of the molecule is CC(C)(C)C1=CC2=CCC3C=C(c4ccc5c(c4)N(c4c(-c6ccccc6)cccc4-c4ccccc4)c4cc(N(c6ccc(-c7ccccc7)cc6)c6ccc(-c7ccccc7)cc6)cc6c4B5c4cc(-c5ccccc5)ccc4N6c4c(-c5ccccc5)cccc4-c4ccccc4)C=C4C=CC(=C1)C2C43. The van der Waals surface area contributed by atoms with Crippen LogP contribution in [0, 0.1) is 23.2 Å². The summed E-state index contributed by atoms with van der Waals surface area (Å²) in [5, 5.41) is 0. The minimum Gasteiger partial charge on any atom is -0.310 e. The molecule has 108 heavy (non-hydrogen) atoms. The average Bonchev–Trinajstić information content (AvgIpc) is 0.686. The number of hydrogen-bond donors (Lipinski definition) is 0. The number of fused-ring (bicyclic) bond motifs is 4. The van der Waals surface area contributed by atoms with E-state index >= 15 is 0 Å². The summed E-state index contributed by atoms with van der Waals surface area (Å²) >= 11 is 0. The zero-order chi connectivity index (χ0) is 72.0.